The third-order valence-electron chi connectivity index (χ3n) is 3.35. The van der Waals surface area contributed by atoms with Crippen LogP contribution in [-0.4, -0.2) is 17.1 Å². The van der Waals surface area contributed by atoms with E-state index >= 15 is 0 Å². The summed E-state index contributed by atoms with van der Waals surface area (Å²) in [6.07, 6.45) is 0. The Kier molecular flexibility index (Phi) is 4.24. The smallest absolute Gasteiger partial charge is 0.134 e. The SMILES string of the molecule is CN(Cc1csc(Br)c1)c1nc2ccccc2cc1CO. The highest BCUT2D eigenvalue weighted by Gasteiger charge is 2.12. The molecule has 0 unspecified atom stereocenters. The number of aliphatic hydroxyl groups is 1. The molecule has 3 aromatic rings. The third-order valence-corrected chi connectivity index (χ3v) is 4.91. The number of hydrogen-bond donors (Lipinski definition) is 1. The van der Waals surface area contributed by atoms with Crippen LogP contribution in [0, 0.1) is 0 Å². The lowest BCUT2D eigenvalue weighted by Gasteiger charge is -2.21. The molecule has 2 heterocycles. The first kappa shape index (κ1) is 14.5. The standard InChI is InChI=1S/C16H15BrN2OS/c1-19(8-11-6-15(17)21-10-11)16-13(9-20)7-12-4-2-3-5-14(12)18-16/h2-7,10,20H,8-9H2,1H3. The van der Waals surface area contributed by atoms with Crippen LogP contribution in [0.25, 0.3) is 10.9 Å². The van der Waals surface area contributed by atoms with E-state index < -0.39 is 0 Å². The average Bonchev–Trinajstić information content (AvgIpc) is 2.90. The van der Waals surface area contributed by atoms with Crippen molar-refractivity contribution in [3.05, 3.63) is 56.7 Å². The number of nitrogens with zero attached hydrogens (tertiary/aromatic N) is 2. The first-order valence-electron chi connectivity index (χ1n) is 6.61. The molecule has 0 aliphatic carbocycles. The van der Waals surface area contributed by atoms with Crippen molar-refractivity contribution in [1.82, 2.24) is 4.98 Å². The van der Waals surface area contributed by atoms with Gasteiger partial charge in [-0.3, -0.25) is 0 Å². The quantitative estimate of drug-likeness (QED) is 0.755. The summed E-state index contributed by atoms with van der Waals surface area (Å²) in [5.41, 5.74) is 3.03. The van der Waals surface area contributed by atoms with E-state index in [4.69, 9.17) is 4.98 Å². The summed E-state index contributed by atoms with van der Waals surface area (Å²) in [7, 11) is 2.00. The fraction of sp³-hybridized carbons (Fsp3) is 0.188. The van der Waals surface area contributed by atoms with Gasteiger partial charge >= 0.3 is 0 Å². The molecule has 0 spiro atoms. The van der Waals surface area contributed by atoms with Gasteiger partial charge < -0.3 is 10.0 Å². The number of halogens is 1. The van der Waals surface area contributed by atoms with Crippen LogP contribution in [-0.2, 0) is 13.2 Å². The number of benzene rings is 1. The van der Waals surface area contributed by atoms with E-state index in [-0.39, 0.29) is 6.61 Å². The topological polar surface area (TPSA) is 36.4 Å². The molecule has 0 bridgehead atoms. The van der Waals surface area contributed by atoms with E-state index in [1.165, 1.54) is 5.56 Å². The van der Waals surface area contributed by atoms with E-state index in [0.29, 0.717) is 0 Å². The van der Waals surface area contributed by atoms with Crippen LogP contribution in [0.3, 0.4) is 0 Å². The number of para-hydroxylation sites is 1. The van der Waals surface area contributed by atoms with Crippen molar-refractivity contribution >= 4 is 44.0 Å². The van der Waals surface area contributed by atoms with Crippen molar-refractivity contribution < 1.29 is 5.11 Å². The zero-order chi connectivity index (χ0) is 14.8. The molecule has 108 valence electrons. The van der Waals surface area contributed by atoms with Gasteiger partial charge in [-0.05, 0) is 45.1 Å². The van der Waals surface area contributed by atoms with E-state index in [1.807, 2.05) is 37.4 Å². The minimum atomic E-state index is -0.00909. The fourth-order valence-electron chi connectivity index (χ4n) is 2.37. The number of anilines is 1. The number of rotatable bonds is 4. The molecule has 0 aliphatic heterocycles. The molecule has 0 radical (unpaired) electrons. The molecule has 1 N–H and O–H groups in total. The van der Waals surface area contributed by atoms with Gasteiger partial charge in [0, 0.05) is 24.5 Å². The minimum absolute atomic E-state index is 0.00909. The van der Waals surface area contributed by atoms with Gasteiger partial charge in [0.05, 0.1) is 15.9 Å². The predicted molar refractivity (Wildman–Crippen MR) is 91.8 cm³/mol. The molecular formula is C16H15BrN2OS. The van der Waals surface area contributed by atoms with Crippen LogP contribution in [0.4, 0.5) is 5.82 Å². The Morgan fingerprint density at radius 2 is 2.10 bits per heavy atom. The largest absolute Gasteiger partial charge is 0.392 e. The number of hydrogen-bond acceptors (Lipinski definition) is 4. The highest BCUT2D eigenvalue weighted by atomic mass is 79.9. The van der Waals surface area contributed by atoms with Crippen LogP contribution in [0.2, 0.25) is 0 Å². The molecule has 0 atom stereocenters. The summed E-state index contributed by atoms with van der Waals surface area (Å²) in [6, 6.07) is 12.1. The van der Waals surface area contributed by atoms with Crippen LogP contribution in [0.1, 0.15) is 11.1 Å². The van der Waals surface area contributed by atoms with Gasteiger partial charge in [0.15, 0.2) is 0 Å². The van der Waals surface area contributed by atoms with Crippen LogP contribution in [0.5, 0.6) is 0 Å². The van der Waals surface area contributed by atoms with Gasteiger partial charge in [-0.15, -0.1) is 11.3 Å². The number of thiophene rings is 1. The highest BCUT2D eigenvalue weighted by molar-refractivity contribution is 9.11. The van der Waals surface area contributed by atoms with Crippen molar-refractivity contribution in [2.24, 2.45) is 0 Å². The molecule has 3 nitrogen and oxygen atoms in total. The predicted octanol–water partition coefficient (Wildman–Crippen LogP) is 4.19. The molecule has 3 rings (SSSR count). The average molecular weight is 363 g/mol. The van der Waals surface area contributed by atoms with Gasteiger partial charge in [0.1, 0.15) is 5.82 Å². The summed E-state index contributed by atoms with van der Waals surface area (Å²) in [4.78, 5) is 6.78. The van der Waals surface area contributed by atoms with Crippen LogP contribution >= 0.6 is 27.3 Å². The third kappa shape index (κ3) is 3.10. The van der Waals surface area contributed by atoms with Crippen molar-refractivity contribution in [3.63, 3.8) is 0 Å². The zero-order valence-corrected chi connectivity index (χ0v) is 14.0. The molecular weight excluding hydrogens is 348 g/mol. The highest BCUT2D eigenvalue weighted by Crippen LogP contribution is 2.26. The maximum atomic E-state index is 9.62. The van der Waals surface area contributed by atoms with Crippen molar-refractivity contribution in [2.75, 3.05) is 11.9 Å². The van der Waals surface area contributed by atoms with Gasteiger partial charge in [-0.2, -0.15) is 0 Å². The summed E-state index contributed by atoms with van der Waals surface area (Å²) in [6.45, 7) is 0.755. The second kappa shape index (κ2) is 6.13. The Hall–Kier alpha value is -1.43. The molecule has 0 aliphatic rings. The molecule has 1 aromatic carbocycles. The second-order valence-electron chi connectivity index (χ2n) is 4.94. The Balaban J connectivity index is 1.97. The first-order chi connectivity index (χ1) is 10.2. The van der Waals surface area contributed by atoms with E-state index in [0.717, 1.165) is 32.6 Å². The van der Waals surface area contributed by atoms with E-state index in [9.17, 15) is 5.11 Å². The van der Waals surface area contributed by atoms with E-state index in [2.05, 4.69) is 32.3 Å². The maximum Gasteiger partial charge on any atom is 0.134 e. The molecule has 5 heteroatoms. The number of fused-ring (bicyclic) bond motifs is 1. The summed E-state index contributed by atoms with van der Waals surface area (Å²) >= 11 is 5.16. The molecule has 21 heavy (non-hydrogen) atoms. The molecule has 0 saturated carbocycles. The number of pyridine rings is 1. The summed E-state index contributed by atoms with van der Waals surface area (Å²) in [5.74, 6) is 0.832. The molecule has 2 aromatic heterocycles. The summed E-state index contributed by atoms with van der Waals surface area (Å²) < 4.78 is 1.12. The van der Waals surface area contributed by atoms with Gasteiger partial charge in [-0.1, -0.05) is 18.2 Å². The lowest BCUT2D eigenvalue weighted by Crippen LogP contribution is -2.19. The maximum absolute atomic E-state index is 9.62. The normalized spacial score (nSPS) is 11.0. The monoisotopic (exact) mass is 362 g/mol. The van der Waals surface area contributed by atoms with Gasteiger partial charge in [0.2, 0.25) is 0 Å². The van der Waals surface area contributed by atoms with Crippen molar-refractivity contribution in [3.8, 4) is 0 Å². The van der Waals surface area contributed by atoms with Crippen molar-refractivity contribution in [1.29, 1.82) is 0 Å². The minimum Gasteiger partial charge on any atom is -0.392 e. The van der Waals surface area contributed by atoms with Gasteiger partial charge in [0.25, 0.3) is 0 Å². The Morgan fingerprint density at radius 3 is 2.81 bits per heavy atom. The Bertz CT molecular complexity index is 772. The van der Waals surface area contributed by atoms with E-state index in [1.54, 1.807) is 11.3 Å². The van der Waals surface area contributed by atoms with Crippen LogP contribution < -0.4 is 4.90 Å². The van der Waals surface area contributed by atoms with Crippen LogP contribution in [0.15, 0.2) is 45.6 Å². The first-order valence-corrected chi connectivity index (χ1v) is 8.28. The van der Waals surface area contributed by atoms with Gasteiger partial charge in [-0.25, -0.2) is 4.98 Å². The lowest BCUT2D eigenvalue weighted by atomic mass is 10.1. The summed E-state index contributed by atoms with van der Waals surface area (Å²) in [5, 5.41) is 12.8. The number of aliphatic hydroxyl groups excluding tert-OH is 1. The Morgan fingerprint density at radius 1 is 1.29 bits per heavy atom. The van der Waals surface area contributed by atoms with Crippen molar-refractivity contribution in [2.45, 2.75) is 13.2 Å². The second-order valence-corrected chi connectivity index (χ2v) is 7.23. The lowest BCUT2D eigenvalue weighted by molar-refractivity contribution is 0.282. The number of aromatic nitrogens is 1. The Labute approximate surface area is 136 Å². The zero-order valence-electron chi connectivity index (χ0n) is 11.6. The molecule has 0 fully saturated rings. The fourth-order valence-corrected chi connectivity index (χ4v) is 3.57. The molecule has 0 saturated heterocycles. The molecule has 0 amide bonds.